The van der Waals surface area contributed by atoms with E-state index in [0.717, 1.165) is 22.7 Å². The Bertz CT molecular complexity index is 4080. The van der Waals surface area contributed by atoms with Gasteiger partial charge in [0.2, 0.25) is 0 Å². The molecular formula is C76H54N2. The molecule has 0 bridgehead atoms. The van der Waals surface area contributed by atoms with Crippen LogP contribution in [0.25, 0.3) is 110 Å². The Morgan fingerprint density at radius 3 is 0.487 bits per heavy atom. The van der Waals surface area contributed by atoms with Crippen molar-refractivity contribution in [2.75, 3.05) is 10.6 Å². The van der Waals surface area contributed by atoms with Gasteiger partial charge in [0.15, 0.2) is 0 Å². The van der Waals surface area contributed by atoms with E-state index in [4.69, 9.17) is 0 Å². The first kappa shape index (κ1) is 47.4. The highest BCUT2D eigenvalue weighted by Crippen LogP contribution is 2.33. The van der Waals surface area contributed by atoms with Gasteiger partial charge in [-0.1, -0.05) is 243 Å². The Hall–Kier alpha value is -10.3. The Kier molecular flexibility index (Phi) is 13.1. The summed E-state index contributed by atoms with van der Waals surface area (Å²) in [7, 11) is 0. The van der Waals surface area contributed by atoms with Gasteiger partial charge in [0, 0.05) is 22.7 Å². The first-order valence-corrected chi connectivity index (χ1v) is 26.7. The van der Waals surface area contributed by atoms with E-state index in [1.165, 1.54) is 110 Å². The van der Waals surface area contributed by atoms with E-state index in [2.05, 4.69) is 326 Å². The molecule has 0 aliphatic carbocycles. The molecule has 2 N–H and O–H groups in total. The van der Waals surface area contributed by atoms with E-state index in [9.17, 15) is 0 Å². The van der Waals surface area contributed by atoms with Crippen molar-refractivity contribution in [2.45, 2.75) is 0 Å². The number of rotatable bonds is 10. The molecule has 368 valence electrons. The van der Waals surface area contributed by atoms with Gasteiger partial charge < -0.3 is 10.6 Å². The fraction of sp³-hybridized carbons (Fsp3) is 0. The van der Waals surface area contributed by atoms with Crippen LogP contribution in [0.3, 0.4) is 0 Å². The van der Waals surface area contributed by atoms with E-state index in [1.54, 1.807) is 0 Å². The van der Waals surface area contributed by atoms with Gasteiger partial charge in [-0.25, -0.2) is 0 Å². The van der Waals surface area contributed by atoms with Crippen LogP contribution in [0, 0.1) is 0 Å². The van der Waals surface area contributed by atoms with Crippen molar-refractivity contribution < 1.29 is 0 Å². The molecule has 0 unspecified atom stereocenters. The molecule has 0 saturated heterocycles. The topological polar surface area (TPSA) is 24.1 Å². The van der Waals surface area contributed by atoms with Crippen molar-refractivity contribution >= 4 is 65.8 Å². The van der Waals surface area contributed by atoms with E-state index in [1.807, 2.05) is 0 Å². The molecule has 2 nitrogen and oxygen atoms in total. The summed E-state index contributed by atoms with van der Waals surface area (Å²) in [5.74, 6) is 0. The zero-order chi connectivity index (χ0) is 52.0. The molecule has 0 atom stereocenters. The van der Waals surface area contributed by atoms with E-state index in [0.29, 0.717) is 0 Å². The van der Waals surface area contributed by atoms with Crippen molar-refractivity contribution in [1.29, 1.82) is 0 Å². The minimum Gasteiger partial charge on any atom is -0.356 e. The predicted molar refractivity (Wildman–Crippen MR) is 335 cm³/mol. The SMILES string of the molecule is c1ccc2cc(-c3ccc(Nc4ccc(-c5ccc(-c6ccc7ccccc7c6)cc5)cc4)cc3)ccc2c1.c1ccc2cc(-c3ccc(Nc4ccc(-c5ccc(-c6ccc7ccccc7c6)cc5)cc4)cc3)ccc2c1. The van der Waals surface area contributed by atoms with Gasteiger partial charge in [-0.3, -0.25) is 0 Å². The third-order valence-corrected chi connectivity index (χ3v) is 14.9. The van der Waals surface area contributed by atoms with Gasteiger partial charge in [0.05, 0.1) is 0 Å². The molecule has 0 aromatic heterocycles. The Balaban J connectivity index is 0.000000148. The Morgan fingerprint density at radius 1 is 0.128 bits per heavy atom. The molecule has 14 aromatic carbocycles. The maximum atomic E-state index is 3.54. The minimum absolute atomic E-state index is 1.07. The summed E-state index contributed by atoms with van der Waals surface area (Å²) in [5, 5.41) is 17.2. The number of hydrogen-bond donors (Lipinski definition) is 2. The van der Waals surface area contributed by atoms with Crippen LogP contribution in [0.4, 0.5) is 22.7 Å². The average Bonchev–Trinajstić information content (AvgIpc) is 3.52. The van der Waals surface area contributed by atoms with Crippen LogP contribution in [0.2, 0.25) is 0 Å². The summed E-state index contributed by atoms with van der Waals surface area (Å²) >= 11 is 0. The molecule has 2 heteroatoms. The number of nitrogens with one attached hydrogen (secondary N) is 2. The van der Waals surface area contributed by atoms with Crippen molar-refractivity contribution in [2.24, 2.45) is 0 Å². The maximum Gasteiger partial charge on any atom is 0.0384 e. The summed E-state index contributed by atoms with van der Waals surface area (Å²) < 4.78 is 0. The van der Waals surface area contributed by atoms with E-state index >= 15 is 0 Å². The highest BCUT2D eigenvalue weighted by Gasteiger charge is 2.08. The molecule has 0 aliphatic rings. The lowest BCUT2D eigenvalue weighted by Crippen LogP contribution is -1.90. The zero-order valence-electron chi connectivity index (χ0n) is 43.0. The second-order valence-electron chi connectivity index (χ2n) is 20.0. The predicted octanol–water partition coefficient (Wildman–Crippen LogP) is 21.5. The van der Waals surface area contributed by atoms with Gasteiger partial charge in [-0.05, 0) is 183 Å². The highest BCUT2D eigenvalue weighted by atomic mass is 14.9. The molecular weight excluding hydrogens is 941 g/mol. The lowest BCUT2D eigenvalue weighted by Gasteiger charge is -2.10. The summed E-state index contributed by atoms with van der Waals surface area (Å²) in [5.41, 5.74) is 19.0. The van der Waals surface area contributed by atoms with E-state index < -0.39 is 0 Å². The van der Waals surface area contributed by atoms with Gasteiger partial charge in [0.1, 0.15) is 0 Å². The molecule has 0 saturated carbocycles. The zero-order valence-corrected chi connectivity index (χ0v) is 43.0. The van der Waals surface area contributed by atoms with Gasteiger partial charge >= 0.3 is 0 Å². The monoisotopic (exact) mass is 994 g/mol. The molecule has 14 aromatic rings. The summed E-state index contributed by atoms with van der Waals surface area (Å²) in [6, 6.07) is 113. The van der Waals surface area contributed by atoms with Crippen molar-refractivity contribution in [3.8, 4) is 66.8 Å². The fourth-order valence-electron chi connectivity index (χ4n) is 10.5. The second-order valence-corrected chi connectivity index (χ2v) is 20.0. The van der Waals surface area contributed by atoms with Crippen LogP contribution in [0.15, 0.2) is 315 Å². The summed E-state index contributed by atoms with van der Waals surface area (Å²) in [6.45, 7) is 0. The minimum atomic E-state index is 1.07. The van der Waals surface area contributed by atoms with Crippen LogP contribution >= 0.6 is 0 Å². The van der Waals surface area contributed by atoms with Crippen molar-refractivity contribution in [3.63, 3.8) is 0 Å². The second kappa shape index (κ2) is 21.5. The summed E-state index contributed by atoms with van der Waals surface area (Å²) in [6.07, 6.45) is 0. The van der Waals surface area contributed by atoms with Crippen LogP contribution in [0.1, 0.15) is 0 Å². The standard InChI is InChI=1S/2C38H27N/c2*1-3-7-33-25-35(15-13-27(33)5-1)31-11-9-29(10-12-31)30-17-21-37(22-18-30)39-38-23-19-32(20-24-38)36-16-14-28-6-2-4-8-34(28)26-36/h2*1-26,39H. The van der Waals surface area contributed by atoms with Gasteiger partial charge in [0.25, 0.3) is 0 Å². The first-order chi connectivity index (χ1) is 38.6. The Labute approximate surface area is 456 Å². The highest BCUT2D eigenvalue weighted by molar-refractivity contribution is 5.91. The normalized spacial score (nSPS) is 11.1. The summed E-state index contributed by atoms with van der Waals surface area (Å²) in [4.78, 5) is 0. The largest absolute Gasteiger partial charge is 0.356 e. The molecule has 0 fully saturated rings. The van der Waals surface area contributed by atoms with Gasteiger partial charge in [-0.15, -0.1) is 0 Å². The van der Waals surface area contributed by atoms with Crippen LogP contribution < -0.4 is 10.6 Å². The molecule has 0 aliphatic heterocycles. The van der Waals surface area contributed by atoms with Crippen molar-refractivity contribution in [1.82, 2.24) is 0 Å². The first-order valence-electron chi connectivity index (χ1n) is 26.7. The molecule has 78 heavy (non-hydrogen) atoms. The molecule has 0 spiro atoms. The third kappa shape index (κ3) is 10.5. The smallest absolute Gasteiger partial charge is 0.0384 e. The number of benzene rings is 14. The van der Waals surface area contributed by atoms with Gasteiger partial charge in [-0.2, -0.15) is 0 Å². The molecule has 0 amide bonds. The lowest BCUT2D eigenvalue weighted by molar-refractivity contribution is 1.53. The maximum absolute atomic E-state index is 3.54. The number of hydrogen-bond acceptors (Lipinski definition) is 2. The average molecular weight is 995 g/mol. The Morgan fingerprint density at radius 2 is 0.282 bits per heavy atom. The quantitative estimate of drug-likeness (QED) is 0.143. The molecule has 14 rings (SSSR count). The van der Waals surface area contributed by atoms with Crippen molar-refractivity contribution in [3.05, 3.63) is 315 Å². The van der Waals surface area contributed by atoms with E-state index in [-0.39, 0.29) is 0 Å². The molecule has 0 radical (unpaired) electrons. The fourth-order valence-corrected chi connectivity index (χ4v) is 10.5. The van der Waals surface area contributed by atoms with Crippen LogP contribution in [-0.2, 0) is 0 Å². The lowest BCUT2D eigenvalue weighted by atomic mass is 9.98. The number of fused-ring (bicyclic) bond motifs is 4. The van der Waals surface area contributed by atoms with Crippen LogP contribution in [0.5, 0.6) is 0 Å². The molecule has 0 heterocycles. The number of anilines is 4. The van der Waals surface area contributed by atoms with Crippen LogP contribution in [-0.4, -0.2) is 0 Å². The third-order valence-electron chi connectivity index (χ3n) is 14.9.